The zero-order chi connectivity index (χ0) is 26.6. The van der Waals surface area contributed by atoms with Crippen LogP contribution in [-0.2, 0) is 0 Å². The number of benzene rings is 6. The van der Waals surface area contributed by atoms with Gasteiger partial charge in [0.25, 0.3) is 0 Å². The fourth-order valence-corrected chi connectivity index (χ4v) is 5.66. The first kappa shape index (κ1) is 23.8. The lowest BCUT2D eigenvalue weighted by atomic mass is 9.89. The van der Waals surface area contributed by atoms with Crippen LogP contribution in [0.25, 0.3) is 53.9 Å². The van der Waals surface area contributed by atoms with Gasteiger partial charge in [-0.1, -0.05) is 12.1 Å². The molecule has 0 bridgehead atoms. The van der Waals surface area contributed by atoms with Crippen LogP contribution in [0.1, 0.15) is 13.8 Å². The maximum absolute atomic E-state index is 11.2. The van der Waals surface area contributed by atoms with E-state index in [0.29, 0.717) is 47.0 Å². The number of phenols is 2. The molecule has 6 rings (SSSR count). The average molecular weight is 509 g/mol. The van der Waals surface area contributed by atoms with Gasteiger partial charge in [0.15, 0.2) is 0 Å². The molecule has 0 radical (unpaired) electrons. The van der Waals surface area contributed by atoms with Gasteiger partial charge < -0.3 is 29.2 Å². The molecule has 0 unspecified atom stereocenters. The predicted octanol–water partition coefficient (Wildman–Crippen LogP) is 7.68. The van der Waals surface area contributed by atoms with E-state index in [1.165, 1.54) is 0 Å². The molecule has 38 heavy (non-hydrogen) atoms. The van der Waals surface area contributed by atoms with Crippen LogP contribution < -0.4 is 18.9 Å². The molecule has 0 aliphatic carbocycles. The van der Waals surface area contributed by atoms with Gasteiger partial charge in [-0.25, -0.2) is 0 Å². The molecule has 0 aliphatic heterocycles. The molecule has 6 heteroatoms. The summed E-state index contributed by atoms with van der Waals surface area (Å²) < 4.78 is 23.6. The van der Waals surface area contributed by atoms with Crippen LogP contribution in [0.3, 0.4) is 0 Å². The van der Waals surface area contributed by atoms with Crippen molar-refractivity contribution in [2.45, 2.75) is 13.8 Å². The molecule has 0 fully saturated rings. The Morgan fingerprint density at radius 3 is 1.34 bits per heavy atom. The molecule has 2 N–H and O–H groups in total. The van der Waals surface area contributed by atoms with Crippen LogP contribution >= 0.6 is 0 Å². The van der Waals surface area contributed by atoms with Gasteiger partial charge in [0.2, 0.25) is 0 Å². The molecular formula is C32H28O6. The van der Waals surface area contributed by atoms with Crippen molar-refractivity contribution >= 4 is 53.9 Å². The smallest absolute Gasteiger partial charge is 0.127 e. The van der Waals surface area contributed by atoms with E-state index in [9.17, 15) is 10.2 Å². The van der Waals surface area contributed by atoms with Gasteiger partial charge in [-0.05, 0) is 73.2 Å². The minimum atomic E-state index is 0.132. The second-order valence-electron chi connectivity index (χ2n) is 9.11. The SMILES string of the molecule is CCOc1ccc(O)c2c1cc(OC)c1ccc3ccc4c(OC)cc5c(OCC)ccc(O)c5c4c3c12. The topological polar surface area (TPSA) is 77.4 Å². The molecule has 0 heterocycles. The first-order chi connectivity index (χ1) is 18.5. The zero-order valence-corrected chi connectivity index (χ0v) is 21.7. The standard InChI is InChI=1S/C32H28O6/c1-5-37-24-13-11-22(33)29-20(24)15-26(35-3)18-9-7-17-8-10-19-27(36-4)16-21-25(38-6-2)14-12-23(34)30(21)32(19)28(17)31(18)29/h7-16,33-34H,5-6H2,1-4H3. The fraction of sp³-hybridized carbons (Fsp3) is 0.188. The second kappa shape index (κ2) is 9.06. The number of hydrogen-bond acceptors (Lipinski definition) is 6. The van der Waals surface area contributed by atoms with Gasteiger partial charge >= 0.3 is 0 Å². The number of fused-ring (bicyclic) bond motifs is 9. The Hall–Kier alpha value is -4.58. The molecule has 6 nitrogen and oxygen atoms in total. The highest BCUT2D eigenvalue weighted by atomic mass is 16.5. The van der Waals surface area contributed by atoms with E-state index in [0.717, 1.165) is 43.1 Å². The van der Waals surface area contributed by atoms with Crippen LogP contribution in [0.5, 0.6) is 34.5 Å². The lowest BCUT2D eigenvalue weighted by Crippen LogP contribution is -1.96. The molecule has 6 aromatic rings. The Kier molecular flexibility index (Phi) is 5.68. The van der Waals surface area contributed by atoms with Crippen molar-refractivity contribution < 1.29 is 29.2 Å². The molecule has 0 aromatic heterocycles. The van der Waals surface area contributed by atoms with Gasteiger partial charge in [-0.3, -0.25) is 0 Å². The van der Waals surface area contributed by atoms with E-state index in [4.69, 9.17) is 18.9 Å². The zero-order valence-electron chi connectivity index (χ0n) is 21.7. The lowest BCUT2D eigenvalue weighted by Gasteiger charge is -2.19. The van der Waals surface area contributed by atoms with Crippen LogP contribution in [0, 0.1) is 0 Å². The molecule has 0 atom stereocenters. The Labute approximate surface area is 219 Å². The van der Waals surface area contributed by atoms with Crippen LogP contribution in [0.15, 0.2) is 60.7 Å². The summed E-state index contributed by atoms with van der Waals surface area (Å²) in [5, 5.41) is 30.4. The Morgan fingerprint density at radius 2 is 0.947 bits per heavy atom. The van der Waals surface area contributed by atoms with E-state index >= 15 is 0 Å². The van der Waals surface area contributed by atoms with Gasteiger partial charge in [-0.2, -0.15) is 0 Å². The molecule has 0 saturated heterocycles. The van der Waals surface area contributed by atoms with E-state index in [1.807, 2.05) is 50.2 Å². The minimum Gasteiger partial charge on any atom is -0.507 e. The molecule has 0 amide bonds. The summed E-state index contributed by atoms with van der Waals surface area (Å²) in [5.74, 6) is 2.89. The summed E-state index contributed by atoms with van der Waals surface area (Å²) in [6.07, 6.45) is 0. The van der Waals surface area contributed by atoms with Crippen molar-refractivity contribution in [2.75, 3.05) is 27.4 Å². The fourth-order valence-electron chi connectivity index (χ4n) is 5.66. The maximum Gasteiger partial charge on any atom is 0.127 e. The third-order valence-electron chi connectivity index (χ3n) is 7.17. The number of phenolic OH excluding ortho intramolecular Hbond substituents is 2. The third-order valence-corrected chi connectivity index (χ3v) is 7.17. The molecular weight excluding hydrogens is 480 g/mol. The average Bonchev–Trinajstić information content (AvgIpc) is 2.94. The summed E-state index contributed by atoms with van der Waals surface area (Å²) in [4.78, 5) is 0. The molecule has 192 valence electrons. The Morgan fingerprint density at radius 1 is 0.500 bits per heavy atom. The molecule has 0 aliphatic rings. The number of aromatic hydroxyl groups is 2. The lowest BCUT2D eigenvalue weighted by molar-refractivity contribution is 0.343. The monoisotopic (exact) mass is 508 g/mol. The molecule has 0 saturated carbocycles. The van der Waals surface area contributed by atoms with Crippen molar-refractivity contribution in [1.82, 2.24) is 0 Å². The highest BCUT2D eigenvalue weighted by molar-refractivity contribution is 6.35. The molecule has 0 spiro atoms. The molecule has 6 aromatic carbocycles. The van der Waals surface area contributed by atoms with Crippen molar-refractivity contribution in [2.24, 2.45) is 0 Å². The minimum absolute atomic E-state index is 0.132. The van der Waals surface area contributed by atoms with Crippen LogP contribution in [0.4, 0.5) is 0 Å². The quantitative estimate of drug-likeness (QED) is 0.225. The number of hydrogen-bond donors (Lipinski definition) is 2. The summed E-state index contributed by atoms with van der Waals surface area (Å²) >= 11 is 0. The third kappa shape index (κ3) is 3.33. The summed E-state index contributed by atoms with van der Waals surface area (Å²) in [5.41, 5.74) is 0. The maximum atomic E-state index is 11.2. The Balaban J connectivity index is 1.99. The van der Waals surface area contributed by atoms with Crippen molar-refractivity contribution in [1.29, 1.82) is 0 Å². The van der Waals surface area contributed by atoms with E-state index < -0.39 is 0 Å². The highest BCUT2D eigenvalue weighted by Crippen LogP contribution is 2.50. The van der Waals surface area contributed by atoms with Crippen molar-refractivity contribution in [3.63, 3.8) is 0 Å². The second-order valence-corrected chi connectivity index (χ2v) is 9.11. The summed E-state index contributed by atoms with van der Waals surface area (Å²) in [6, 6.07) is 18.7. The predicted molar refractivity (Wildman–Crippen MR) is 153 cm³/mol. The normalized spacial score (nSPS) is 11.6. The largest absolute Gasteiger partial charge is 0.507 e. The Bertz CT molecular complexity index is 1760. The first-order valence-electron chi connectivity index (χ1n) is 12.6. The summed E-state index contributed by atoms with van der Waals surface area (Å²) in [7, 11) is 3.27. The van der Waals surface area contributed by atoms with Crippen molar-refractivity contribution in [3.05, 3.63) is 60.7 Å². The van der Waals surface area contributed by atoms with Crippen LogP contribution in [0.2, 0.25) is 0 Å². The van der Waals surface area contributed by atoms with E-state index in [-0.39, 0.29) is 11.5 Å². The summed E-state index contributed by atoms with van der Waals surface area (Å²) in [6.45, 7) is 4.82. The van der Waals surface area contributed by atoms with Crippen LogP contribution in [-0.4, -0.2) is 37.6 Å². The van der Waals surface area contributed by atoms with Gasteiger partial charge in [0.05, 0.1) is 27.4 Å². The highest BCUT2D eigenvalue weighted by Gasteiger charge is 2.21. The number of ether oxygens (including phenoxy) is 4. The first-order valence-corrected chi connectivity index (χ1v) is 12.6. The van der Waals surface area contributed by atoms with Gasteiger partial charge in [-0.15, -0.1) is 0 Å². The van der Waals surface area contributed by atoms with Gasteiger partial charge in [0, 0.05) is 43.1 Å². The van der Waals surface area contributed by atoms with E-state index in [2.05, 4.69) is 0 Å². The number of rotatable bonds is 6. The van der Waals surface area contributed by atoms with E-state index in [1.54, 1.807) is 38.5 Å². The van der Waals surface area contributed by atoms with Gasteiger partial charge in [0.1, 0.15) is 34.5 Å². The number of methoxy groups -OCH3 is 2. The van der Waals surface area contributed by atoms with Crippen molar-refractivity contribution in [3.8, 4) is 34.5 Å².